The van der Waals surface area contributed by atoms with Crippen LogP contribution in [0.2, 0.25) is 5.02 Å². The number of nitrogens with one attached hydrogen (secondary N) is 2. The topological polar surface area (TPSA) is 72.1 Å². The highest BCUT2D eigenvalue weighted by molar-refractivity contribution is 6.30. The monoisotopic (exact) mass is 395 g/mol. The van der Waals surface area contributed by atoms with E-state index in [1.807, 2.05) is 4.90 Å². The summed E-state index contributed by atoms with van der Waals surface area (Å²) in [6.07, 6.45) is -5.01. The van der Waals surface area contributed by atoms with Crippen molar-refractivity contribution in [3.05, 3.63) is 23.2 Å². The lowest BCUT2D eigenvalue weighted by Gasteiger charge is -2.30. The maximum Gasteiger partial charge on any atom is 0.492 e. The van der Waals surface area contributed by atoms with E-state index in [0.717, 1.165) is 0 Å². The molecular weight excluding hydrogens is 379 g/mol. The molecule has 0 spiro atoms. The van der Waals surface area contributed by atoms with Crippen molar-refractivity contribution in [2.24, 2.45) is 0 Å². The van der Waals surface area contributed by atoms with Crippen molar-refractivity contribution < 1.29 is 32.2 Å². The average molecular weight is 396 g/mol. The van der Waals surface area contributed by atoms with Crippen molar-refractivity contribution in [1.29, 1.82) is 0 Å². The number of urea groups is 1. The summed E-state index contributed by atoms with van der Waals surface area (Å²) in [7, 11) is 0. The van der Waals surface area contributed by atoms with Crippen LogP contribution in [0.5, 0.6) is 11.5 Å². The third-order valence-corrected chi connectivity index (χ3v) is 4.12. The lowest BCUT2D eigenvalue weighted by Crippen LogP contribution is -2.66. The molecule has 0 saturated carbocycles. The Morgan fingerprint density at radius 2 is 1.92 bits per heavy atom. The second-order valence-corrected chi connectivity index (χ2v) is 6.18. The number of ether oxygens (including phenoxy) is 3. The first-order valence-corrected chi connectivity index (χ1v) is 8.27. The van der Waals surface area contributed by atoms with Gasteiger partial charge in [-0.05, 0) is 12.1 Å². The van der Waals surface area contributed by atoms with E-state index in [4.69, 9.17) is 25.8 Å². The van der Waals surface area contributed by atoms with Crippen LogP contribution in [0.4, 0.5) is 18.0 Å². The molecule has 0 unspecified atom stereocenters. The zero-order valence-corrected chi connectivity index (χ0v) is 14.3. The number of fused-ring (bicyclic) bond motifs is 1. The molecule has 3 rings (SSSR count). The number of morpholine rings is 1. The average Bonchev–Trinajstić information content (AvgIpc) is 2.94. The molecule has 7 nitrogen and oxygen atoms in total. The summed E-state index contributed by atoms with van der Waals surface area (Å²) in [6, 6.07) is 2.72. The number of alkyl halides is 3. The molecule has 11 heteroatoms. The Morgan fingerprint density at radius 1 is 1.23 bits per heavy atom. The zero-order chi connectivity index (χ0) is 18.8. The molecule has 1 fully saturated rings. The standard InChI is InChI=1S/C15H17ClF3N3O4/c16-10-1-2-11-12(9-10)26-15(25-11,14(17,18)19)21-13(23)20-3-4-22-5-7-24-8-6-22/h1-2,9H,3-8H2,(H2,20,21,23)/t15-/m1/s1. The molecule has 1 aromatic rings. The van der Waals surface area contributed by atoms with E-state index >= 15 is 0 Å². The number of halogens is 4. The molecule has 2 amide bonds. The molecule has 2 N–H and O–H groups in total. The summed E-state index contributed by atoms with van der Waals surface area (Å²) in [5.41, 5.74) is 0. The van der Waals surface area contributed by atoms with Gasteiger partial charge in [-0.2, -0.15) is 13.2 Å². The second-order valence-electron chi connectivity index (χ2n) is 5.74. The molecule has 0 bridgehead atoms. The molecule has 2 aliphatic rings. The molecule has 144 valence electrons. The minimum Gasteiger partial charge on any atom is -0.424 e. The minimum atomic E-state index is -5.01. The van der Waals surface area contributed by atoms with Gasteiger partial charge in [0.2, 0.25) is 0 Å². The van der Waals surface area contributed by atoms with E-state index in [2.05, 4.69) is 5.32 Å². The van der Waals surface area contributed by atoms with Crippen LogP contribution >= 0.6 is 11.6 Å². The number of hydrogen-bond acceptors (Lipinski definition) is 5. The Hall–Kier alpha value is -1.91. The number of hydrogen-bond donors (Lipinski definition) is 2. The Morgan fingerprint density at radius 3 is 2.62 bits per heavy atom. The zero-order valence-electron chi connectivity index (χ0n) is 13.6. The first kappa shape index (κ1) is 18.9. The predicted octanol–water partition coefficient (Wildman–Crippen LogP) is 1.96. The Kier molecular flexibility index (Phi) is 5.35. The van der Waals surface area contributed by atoms with Gasteiger partial charge in [0.25, 0.3) is 0 Å². The van der Waals surface area contributed by atoms with Gasteiger partial charge in [0.1, 0.15) is 0 Å². The van der Waals surface area contributed by atoms with Gasteiger partial charge in [0.05, 0.1) is 13.2 Å². The molecule has 0 aliphatic carbocycles. The van der Waals surface area contributed by atoms with Gasteiger partial charge < -0.3 is 19.5 Å². The van der Waals surface area contributed by atoms with E-state index in [1.54, 1.807) is 5.32 Å². The van der Waals surface area contributed by atoms with E-state index in [9.17, 15) is 18.0 Å². The number of benzene rings is 1. The van der Waals surface area contributed by atoms with Crippen LogP contribution < -0.4 is 20.1 Å². The number of carbonyl (C=O) groups excluding carboxylic acids is 1. The molecule has 26 heavy (non-hydrogen) atoms. The van der Waals surface area contributed by atoms with Gasteiger partial charge in [-0.25, -0.2) is 4.79 Å². The van der Waals surface area contributed by atoms with E-state index in [-0.39, 0.29) is 23.1 Å². The van der Waals surface area contributed by atoms with Crippen LogP contribution in [0.1, 0.15) is 0 Å². The fourth-order valence-corrected chi connectivity index (χ4v) is 2.72. The summed E-state index contributed by atoms with van der Waals surface area (Å²) >= 11 is 5.75. The molecule has 1 saturated heterocycles. The number of amides is 2. The van der Waals surface area contributed by atoms with Gasteiger partial charge in [-0.15, -0.1) is 0 Å². The number of nitrogens with zero attached hydrogens (tertiary/aromatic N) is 1. The van der Waals surface area contributed by atoms with Crippen molar-refractivity contribution in [3.63, 3.8) is 0 Å². The van der Waals surface area contributed by atoms with Crippen molar-refractivity contribution >= 4 is 17.6 Å². The largest absolute Gasteiger partial charge is 0.492 e. The lowest BCUT2D eigenvalue weighted by atomic mass is 10.3. The fourth-order valence-electron chi connectivity index (χ4n) is 2.56. The third-order valence-electron chi connectivity index (χ3n) is 3.88. The maximum absolute atomic E-state index is 13.5. The quantitative estimate of drug-likeness (QED) is 0.815. The van der Waals surface area contributed by atoms with Crippen LogP contribution in [0.25, 0.3) is 0 Å². The van der Waals surface area contributed by atoms with Gasteiger partial charge >= 0.3 is 18.1 Å². The highest BCUT2D eigenvalue weighted by atomic mass is 35.5. The van der Waals surface area contributed by atoms with Crippen LogP contribution in [0.15, 0.2) is 18.2 Å². The van der Waals surface area contributed by atoms with Crippen molar-refractivity contribution in [2.45, 2.75) is 12.1 Å². The summed E-state index contributed by atoms with van der Waals surface area (Å²) in [4.78, 5) is 14.0. The third kappa shape index (κ3) is 4.08. The predicted molar refractivity (Wildman–Crippen MR) is 85.3 cm³/mol. The van der Waals surface area contributed by atoms with Gasteiger partial charge in [-0.1, -0.05) is 11.6 Å². The number of rotatable bonds is 4. The normalized spacial score (nSPS) is 22.9. The molecule has 2 heterocycles. The SMILES string of the molecule is O=C(NCCN1CCOCC1)N[C@]1(C(F)(F)F)Oc2ccc(Cl)cc2O1. The van der Waals surface area contributed by atoms with Gasteiger partial charge in [0, 0.05) is 37.3 Å². The molecule has 0 aromatic heterocycles. The first-order chi connectivity index (χ1) is 12.3. The second kappa shape index (κ2) is 7.37. The van der Waals surface area contributed by atoms with Gasteiger partial charge in [0.15, 0.2) is 11.5 Å². The molecular formula is C15H17ClF3N3O4. The summed E-state index contributed by atoms with van der Waals surface area (Å²) < 4.78 is 55.5. The summed E-state index contributed by atoms with van der Waals surface area (Å²) in [6.45, 7) is 3.25. The highest BCUT2D eigenvalue weighted by Gasteiger charge is 2.65. The van der Waals surface area contributed by atoms with E-state index < -0.39 is 18.1 Å². The van der Waals surface area contributed by atoms with Crippen LogP contribution in [-0.4, -0.2) is 62.4 Å². The van der Waals surface area contributed by atoms with Gasteiger partial charge in [-0.3, -0.25) is 10.2 Å². The van der Waals surface area contributed by atoms with Crippen molar-refractivity contribution in [3.8, 4) is 11.5 Å². The Labute approximate surface area is 152 Å². The molecule has 1 atom stereocenters. The van der Waals surface area contributed by atoms with E-state index in [0.29, 0.717) is 32.8 Å². The Balaban J connectivity index is 1.60. The smallest absolute Gasteiger partial charge is 0.424 e. The van der Waals surface area contributed by atoms with Crippen LogP contribution in [0, 0.1) is 0 Å². The molecule has 0 radical (unpaired) electrons. The molecule has 1 aromatic carbocycles. The minimum absolute atomic E-state index is 0.165. The number of carbonyl (C=O) groups is 1. The van der Waals surface area contributed by atoms with E-state index in [1.165, 1.54) is 18.2 Å². The Bertz CT molecular complexity index is 670. The van der Waals surface area contributed by atoms with Crippen LogP contribution in [-0.2, 0) is 4.74 Å². The van der Waals surface area contributed by atoms with Crippen LogP contribution in [0.3, 0.4) is 0 Å². The summed E-state index contributed by atoms with van der Waals surface area (Å²) in [5, 5.41) is 4.28. The first-order valence-electron chi connectivity index (χ1n) is 7.89. The summed E-state index contributed by atoms with van der Waals surface area (Å²) in [5.74, 6) is -3.67. The van der Waals surface area contributed by atoms with Crippen molar-refractivity contribution in [2.75, 3.05) is 39.4 Å². The molecule has 2 aliphatic heterocycles. The lowest BCUT2D eigenvalue weighted by molar-refractivity contribution is -0.317. The highest BCUT2D eigenvalue weighted by Crippen LogP contribution is 2.45. The maximum atomic E-state index is 13.5. The van der Waals surface area contributed by atoms with Crippen molar-refractivity contribution in [1.82, 2.24) is 15.5 Å². The fraction of sp³-hybridized carbons (Fsp3) is 0.533.